The van der Waals surface area contributed by atoms with Gasteiger partial charge in [-0.2, -0.15) is 4.98 Å². The summed E-state index contributed by atoms with van der Waals surface area (Å²) in [5.41, 5.74) is 5.80. The molecule has 1 heterocycles. The van der Waals surface area contributed by atoms with E-state index in [0.29, 0.717) is 18.1 Å². The maximum absolute atomic E-state index is 11.8. The second-order valence-electron chi connectivity index (χ2n) is 3.66. The largest absolute Gasteiger partial charge is 0.375 e. The normalized spacial score (nSPS) is 13.2. The molecular weight excluding hydrogens is 232 g/mol. The van der Waals surface area contributed by atoms with Gasteiger partial charge in [-0.15, -0.1) is 0 Å². The van der Waals surface area contributed by atoms with Gasteiger partial charge in [0.1, 0.15) is 6.61 Å². The summed E-state index contributed by atoms with van der Waals surface area (Å²) in [5, 5.41) is 3.73. The second kappa shape index (κ2) is 7.29. The van der Waals surface area contributed by atoms with Crippen LogP contribution in [0.3, 0.4) is 0 Å². The van der Waals surface area contributed by atoms with Crippen LogP contribution in [0.25, 0.3) is 0 Å². The van der Waals surface area contributed by atoms with Gasteiger partial charge in [0.15, 0.2) is 5.82 Å². The number of rotatable bonds is 8. The molecule has 0 aliphatic carbocycles. The highest BCUT2D eigenvalue weighted by Gasteiger charge is 2.13. The molecule has 0 saturated carbocycles. The standard InChI is InChI=1S/C10H17F2N3O2/c1-2-3-7(13)10-14-9(17-15-10)4-5-16-6-8(11)12/h7-8H,2-6,13H2,1H3. The average molecular weight is 249 g/mol. The van der Waals surface area contributed by atoms with Gasteiger partial charge in [-0.05, 0) is 6.42 Å². The molecule has 17 heavy (non-hydrogen) atoms. The van der Waals surface area contributed by atoms with E-state index in [4.69, 9.17) is 15.0 Å². The first-order chi connectivity index (χ1) is 8.13. The van der Waals surface area contributed by atoms with Crippen LogP contribution in [0.15, 0.2) is 4.52 Å². The summed E-state index contributed by atoms with van der Waals surface area (Å²) in [5.74, 6) is 0.816. The molecule has 1 aromatic heterocycles. The number of ether oxygens (including phenoxy) is 1. The van der Waals surface area contributed by atoms with Crippen LogP contribution < -0.4 is 5.73 Å². The zero-order chi connectivity index (χ0) is 12.7. The Kier molecular flexibility index (Phi) is 5.99. The molecule has 1 rings (SSSR count). The molecule has 0 bridgehead atoms. The highest BCUT2D eigenvalue weighted by Crippen LogP contribution is 2.12. The molecule has 0 fully saturated rings. The Bertz CT molecular complexity index is 320. The first-order valence-corrected chi connectivity index (χ1v) is 5.57. The summed E-state index contributed by atoms with van der Waals surface area (Å²) in [7, 11) is 0. The summed E-state index contributed by atoms with van der Waals surface area (Å²) in [6.07, 6.45) is -0.423. The summed E-state index contributed by atoms with van der Waals surface area (Å²) in [6.45, 7) is 1.57. The van der Waals surface area contributed by atoms with Crippen molar-refractivity contribution in [1.82, 2.24) is 10.1 Å². The fourth-order valence-corrected chi connectivity index (χ4v) is 1.29. The van der Waals surface area contributed by atoms with Crippen molar-refractivity contribution in [2.45, 2.75) is 38.7 Å². The third-order valence-electron chi connectivity index (χ3n) is 2.12. The predicted molar refractivity (Wildman–Crippen MR) is 56.7 cm³/mol. The van der Waals surface area contributed by atoms with Crippen molar-refractivity contribution in [2.24, 2.45) is 5.73 Å². The smallest absolute Gasteiger partial charge is 0.261 e. The van der Waals surface area contributed by atoms with Gasteiger partial charge in [-0.1, -0.05) is 18.5 Å². The lowest BCUT2D eigenvalue weighted by molar-refractivity contribution is 0.0171. The average Bonchev–Trinajstić information content (AvgIpc) is 2.73. The molecule has 7 heteroatoms. The molecule has 0 saturated heterocycles. The topological polar surface area (TPSA) is 74.2 Å². The van der Waals surface area contributed by atoms with Gasteiger partial charge in [-0.3, -0.25) is 0 Å². The number of nitrogens with zero attached hydrogens (tertiary/aromatic N) is 2. The zero-order valence-electron chi connectivity index (χ0n) is 9.73. The molecule has 0 aliphatic heterocycles. The fraction of sp³-hybridized carbons (Fsp3) is 0.800. The highest BCUT2D eigenvalue weighted by molar-refractivity contribution is 4.92. The van der Waals surface area contributed by atoms with Gasteiger partial charge >= 0.3 is 0 Å². The minimum absolute atomic E-state index is 0.134. The Balaban J connectivity index is 2.30. The monoisotopic (exact) mass is 249 g/mol. The zero-order valence-corrected chi connectivity index (χ0v) is 9.73. The Hall–Kier alpha value is -1.08. The van der Waals surface area contributed by atoms with E-state index < -0.39 is 13.0 Å². The van der Waals surface area contributed by atoms with Crippen molar-refractivity contribution >= 4 is 0 Å². The van der Waals surface area contributed by atoms with Gasteiger partial charge in [0.05, 0.1) is 19.1 Å². The number of halogens is 2. The first kappa shape index (κ1) is 14.0. The predicted octanol–water partition coefficient (Wildman–Crippen LogP) is 1.69. The van der Waals surface area contributed by atoms with Gasteiger partial charge in [0, 0.05) is 0 Å². The van der Waals surface area contributed by atoms with Crippen molar-refractivity contribution in [3.05, 3.63) is 11.7 Å². The van der Waals surface area contributed by atoms with Crippen molar-refractivity contribution in [2.75, 3.05) is 13.2 Å². The van der Waals surface area contributed by atoms with Crippen molar-refractivity contribution in [3.63, 3.8) is 0 Å². The van der Waals surface area contributed by atoms with Crippen LogP contribution in [0, 0.1) is 0 Å². The lowest BCUT2D eigenvalue weighted by Crippen LogP contribution is -2.11. The quantitative estimate of drug-likeness (QED) is 0.710. The Labute approximate surface area is 98.3 Å². The van der Waals surface area contributed by atoms with Crippen molar-refractivity contribution < 1.29 is 18.0 Å². The van der Waals surface area contributed by atoms with E-state index >= 15 is 0 Å². The van der Waals surface area contributed by atoms with Crippen LogP contribution in [-0.2, 0) is 11.2 Å². The van der Waals surface area contributed by atoms with Crippen LogP contribution >= 0.6 is 0 Å². The van der Waals surface area contributed by atoms with Crippen LogP contribution in [-0.4, -0.2) is 29.8 Å². The number of nitrogens with two attached hydrogens (primary N) is 1. The summed E-state index contributed by atoms with van der Waals surface area (Å²) >= 11 is 0. The molecule has 0 amide bonds. The fourth-order valence-electron chi connectivity index (χ4n) is 1.29. The summed E-state index contributed by atoms with van der Waals surface area (Å²) in [6, 6.07) is -0.237. The molecule has 0 aromatic carbocycles. The lowest BCUT2D eigenvalue weighted by atomic mass is 10.2. The molecule has 1 unspecified atom stereocenters. The molecule has 1 atom stereocenters. The molecule has 1 aromatic rings. The Morgan fingerprint density at radius 3 is 2.88 bits per heavy atom. The molecule has 2 N–H and O–H groups in total. The maximum atomic E-state index is 11.8. The van der Waals surface area contributed by atoms with Gasteiger partial charge < -0.3 is 15.0 Å². The number of aromatic nitrogens is 2. The van der Waals surface area contributed by atoms with Crippen LogP contribution in [0.2, 0.25) is 0 Å². The molecular formula is C10H17F2N3O2. The van der Waals surface area contributed by atoms with E-state index in [-0.39, 0.29) is 12.6 Å². The van der Waals surface area contributed by atoms with Crippen molar-refractivity contribution in [1.29, 1.82) is 0 Å². The summed E-state index contributed by atoms with van der Waals surface area (Å²) < 4.78 is 33.2. The number of hydrogen-bond acceptors (Lipinski definition) is 5. The van der Waals surface area contributed by atoms with Gasteiger partial charge in [-0.25, -0.2) is 8.78 Å². The van der Waals surface area contributed by atoms with E-state index in [1.54, 1.807) is 0 Å². The third kappa shape index (κ3) is 5.18. The van der Waals surface area contributed by atoms with Gasteiger partial charge in [0.25, 0.3) is 6.43 Å². The molecule has 0 radical (unpaired) electrons. The number of alkyl halides is 2. The third-order valence-corrected chi connectivity index (χ3v) is 2.12. The minimum atomic E-state index is -2.45. The van der Waals surface area contributed by atoms with E-state index in [0.717, 1.165) is 12.8 Å². The second-order valence-corrected chi connectivity index (χ2v) is 3.66. The Morgan fingerprint density at radius 1 is 1.47 bits per heavy atom. The summed E-state index contributed by atoms with van der Waals surface area (Å²) in [4.78, 5) is 4.08. The van der Waals surface area contributed by atoms with Gasteiger partial charge in [0.2, 0.25) is 5.89 Å². The van der Waals surface area contributed by atoms with Crippen molar-refractivity contribution in [3.8, 4) is 0 Å². The van der Waals surface area contributed by atoms with Crippen LogP contribution in [0.5, 0.6) is 0 Å². The molecule has 0 aliphatic rings. The highest BCUT2D eigenvalue weighted by atomic mass is 19.3. The van der Waals surface area contributed by atoms with E-state index in [1.165, 1.54) is 0 Å². The van der Waals surface area contributed by atoms with E-state index in [2.05, 4.69) is 10.1 Å². The lowest BCUT2D eigenvalue weighted by Gasteiger charge is -2.02. The maximum Gasteiger partial charge on any atom is 0.261 e. The molecule has 98 valence electrons. The first-order valence-electron chi connectivity index (χ1n) is 5.57. The number of hydrogen-bond donors (Lipinski definition) is 1. The van der Waals surface area contributed by atoms with E-state index in [9.17, 15) is 8.78 Å². The van der Waals surface area contributed by atoms with Crippen LogP contribution in [0.1, 0.15) is 37.5 Å². The van der Waals surface area contributed by atoms with Crippen LogP contribution in [0.4, 0.5) is 8.78 Å². The minimum Gasteiger partial charge on any atom is -0.375 e. The SMILES string of the molecule is CCCC(N)c1noc(CCOCC(F)F)n1. The van der Waals surface area contributed by atoms with E-state index in [1.807, 2.05) is 6.92 Å². The molecule has 0 spiro atoms. The molecule has 5 nitrogen and oxygen atoms in total. The Morgan fingerprint density at radius 2 is 2.24 bits per heavy atom.